The zero-order chi connectivity index (χ0) is 30.6. The van der Waals surface area contributed by atoms with Crippen LogP contribution in [-0.4, -0.2) is 97.4 Å². The minimum atomic E-state index is -0.0513. The Kier molecular flexibility index (Phi) is 14.2. The van der Waals surface area contributed by atoms with E-state index in [1.54, 1.807) is 0 Å². The standard InChI is InChI=1S/C32H65N7O2/c1-9-30(6)17-16-23-38(25-22-37-32(30,8)11-3)27(40)33-18-14-12-13-15-19-34-28(41)39-24-20-35-29(4,5)31(7,10-2)36-21-26-39/h35-37H,9-26H2,1-8H3,(H,33,40)(H,34,41). The van der Waals surface area contributed by atoms with Gasteiger partial charge in [-0.1, -0.05) is 40.5 Å². The summed E-state index contributed by atoms with van der Waals surface area (Å²) in [5.41, 5.74) is 0.268. The molecule has 3 unspecified atom stereocenters. The zero-order valence-corrected chi connectivity index (χ0v) is 27.9. The van der Waals surface area contributed by atoms with Gasteiger partial charge in [0.25, 0.3) is 0 Å². The van der Waals surface area contributed by atoms with E-state index in [-0.39, 0.29) is 34.1 Å². The summed E-state index contributed by atoms with van der Waals surface area (Å²) in [5, 5.41) is 17.4. The van der Waals surface area contributed by atoms with Crippen LogP contribution in [0.25, 0.3) is 0 Å². The van der Waals surface area contributed by atoms with Crippen molar-refractivity contribution in [3.63, 3.8) is 0 Å². The highest BCUT2D eigenvalue weighted by atomic mass is 16.2. The first kappa shape index (κ1) is 35.6. The second-order valence-corrected chi connectivity index (χ2v) is 13.6. The van der Waals surface area contributed by atoms with E-state index < -0.39 is 0 Å². The average Bonchev–Trinajstić information content (AvgIpc) is 3.05. The summed E-state index contributed by atoms with van der Waals surface area (Å²) < 4.78 is 0. The molecule has 2 aliphatic rings. The number of urea groups is 2. The Labute approximate surface area is 252 Å². The molecular weight excluding hydrogens is 514 g/mol. The molecule has 240 valence electrons. The summed E-state index contributed by atoms with van der Waals surface area (Å²) in [6, 6.07) is 0.0869. The molecule has 41 heavy (non-hydrogen) atoms. The number of nitrogens with one attached hydrogen (secondary N) is 5. The van der Waals surface area contributed by atoms with Crippen LogP contribution < -0.4 is 26.6 Å². The minimum Gasteiger partial charge on any atom is -0.338 e. The van der Waals surface area contributed by atoms with Gasteiger partial charge in [-0.25, -0.2) is 9.59 Å². The SMILES string of the molecule is CCC1(C)CCCN(C(=O)NCCCCCCNC(=O)N2CCNC(C)(C)C(C)(CC)NCC2)CCNC1(C)CC. The van der Waals surface area contributed by atoms with Crippen LogP contribution in [0.3, 0.4) is 0 Å². The minimum absolute atomic E-state index is 0.0183. The Morgan fingerprint density at radius 1 is 0.634 bits per heavy atom. The molecule has 2 rings (SSSR count). The Balaban J connectivity index is 1.63. The fourth-order valence-corrected chi connectivity index (χ4v) is 6.54. The van der Waals surface area contributed by atoms with E-state index in [2.05, 4.69) is 82.0 Å². The van der Waals surface area contributed by atoms with E-state index in [9.17, 15) is 9.59 Å². The first-order chi connectivity index (χ1) is 19.4. The molecule has 2 heterocycles. The van der Waals surface area contributed by atoms with Gasteiger partial charge in [-0.2, -0.15) is 0 Å². The van der Waals surface area contributed by atoms with Crippen molar-refractivity contribution in [2.75, 3.05) is 58.9 Å². The van der Waals surface area contributed by atoms with Crippen molar-refractivity contribution in [2.45, 2.75) is 130 Å². The predicted octanol–water partition coefficient (Wildman–Crippen LogP) is 4.68. The smallest absolute Gasteiger partial charge is 0.317 e. The zero-order valence-electron chi connectivity index (χ0n) is 27.9. The lowest BCUT2D eigenvalue weighted by Crippen LogP contribution is -2.64. The van der Waals surface area contributed by atoms with Crippen LogP contribution in [-0.2, 0) is 0 Å². The Morgan fingerprint density at radius 3 is 1.59 bits per heavy atom. The highest BCUT2D eigenvalue weighted by molar-refractivity contribution is 5.74. The largest absolute Gasteiger partial charge is 0.338 e. The van der Waals surface area contributed by atoms with Crippen molar-refractivity contribution < 1.29 is 9.59 Å². The molecule has 0 radical (unpaired) electrons. The lowest BCUT2D eigenvalue weighted by molar-refractivity contribution is 0.0956. The van der Waals surface area contributed by atoms with Gasteiger partial charge in [0.15, 0.2) is 0 Å². The van der Waals surface area contributed by atoms with E-state index in [0.717, 1.165) is 90.5 Å². The fraction of sp³-hybridized carbons (Fsp3) is 0.938. The first-order valence-corrected chi connectivity index (χ1v) is 16.7. The molecule has 0 bridgehead atoms. The van der Waals surface area contributed by atoms with Gasteiger partial charge in [0.2, 0.25) is 0 Å². The number of hydrogen-bond acceptors (Lipinski definition) is 5. The number of hydrogen-bond donors (Lipinski definition) is 5. The summed E-state index contributed by atoms with van der Waals surface area (Å²) in [7, 11) is 0. The molecule has 0 saturated carbocycles. The molecule has 0 aromatic heterocycles. The van der Waals surface area contributed by atoms with Gasteiger partial charge in [-0.15, -0.1) is 0 Å². The summed E-state index contributed by atoms with van der Waals surface area (Å²) in [6.07, 6.45) is 9.44. The maximum Gasteiger partial charge on any atom is 0.317 e. The summed E-state index contributed by atoms with van der Waals surface area (Å²) in [4.78, 5) is 29.6. The molecule has 5 N–H and O–H groups in total. The second-order valence-electron chi connectivity index (χ2n) is 13.6. The highest BCUT2D eigenvalue weighted by Crippen LogP contribution is 2.41. The average molecular weight is 580 g/mol. The van der Waals surface area contributed by atoms with E-state index in [1.807, 2.05) is 9.80 Å². The maximum atomic E-state index is 12.9. The molecule has 2 aliphatic heterocycles. The maximum absolute atomic E-state index is 12.9. The van der Waals surface area contributed by atoms with Crippen molar-refractivity contribution in [1.29, 1.82) is 0 Å². The lowest BCUT2D eigenvalue weighted by atomic mass is 9.66. The molecule has 2 fully saturated rings. The Morgan fingerprint density at radius 2 is 1.10 bits per heavy atom. The van der Waals surface area contributed by atoms with E-state index in [1.165, 1.54) is 0 Å². The van der Waals surface area contributed by atoms with Crippen LogP contribution in [0.1, 0.15) is 113 Å². The monoisotopic (exact) mass is 580 g/mol. The van der Waals surface area contributed by atoms with Gasteiger partial charge in [0.05, 0.1) is 0 Å². The molecule has 3 atom stereocenters. The van der Waals surface area contributed by atoms with Crippen LogP contribution in [0.4, 0.5) is 9.59 Å². The van der Waals surface area contributed by atoms with Crippen LogP contribution in [0.5, 0.6) is 0 Å². The second kappa shape index (κ2) is 16.3. The first-order valence-electron chi connectivity index (χ1n) is 16.7. The van der Waals surface area contributed by atoms with Gasteiger partial charge in [-0.3, -0.25) is 0 Å². The molecule has 0 aromatic rings. The predicted molar refractivity (Wildman–Crippen MR) is 172 cm³/mol. The van der Waals surface area contributed by atoms with Crippen LogP contribution in [0.15, 0.2) is 0 Å². The van der Waals surface area contributed by atoms with Crippen LogP contribution >= 0.6 is 0 Å². The third kappa shape index (κ3) is 9.72. The summed E-state index contributed by atoms with van der Waals surface area (Å²) >= 11 is 0. The molecule has 0 aromatic carbocycles. The van der Waals surface area contributed by atoms with Crippen LogP contribution in [0, 0.1) is 5.41 Å². The van der Waals surface area contributed by atoms with Crippen molar-refractivity contribution in [1.82, 2.24) is 36.4 Å². The van der Waals surface area contributed by atoms with Crippen molar-refractivity contribution in [3.8, 4) is 0 Å². The van der Waals surface area contributed by atoms with Gasteiger partial charge in [0, 0.05) is 75.5 Å². The lowest BCUT2D eigenvalue weighted by Gasteiger charge is -2.47. The number of rotatable bonds is 10. The van der Waals surface area contributed by atoms with Gasteiger partial charge in [0.1, 0.15) is 0 Å². The third-order valence-electron chi connectivity index (χ3n) is 11.0. The molecule has 2 saturated heterocycles. The quantitative estimate of drug-likeness (QED) is 0.242. The summed E-state index contributed by atoms with van der Waals surface area (Å²) in [6.45, 7) is 25.1. The topological polar surface area (TPSA) is 101 Å². The third-order valence-corrected chi connectivity index (χ3v) is 11.0. The van der Waals surface area contributed by atoms with Crippen molar-refractivity contribution in [3.05, 3.63) is 0 Å². The number of carbonyl (C=O) groups is 2. The van der Waals surface area contributed by atoms with Crippen molar-refractivity contribution in [2.24, 2.45) is 5.41 Å². The number of unbranched alkanes of at least 4 members (excludes halogenated alkanes) is 3. The Bertz CT molecular complexity index is 787. The summed E-state index contributed by atoms with van der Waals surface area (Å²) in [5.74, 6) is 0. The van der Waals surface area contributed by atoms with E-state index in [4.69, 9.17) is 0 Å². The van der Waals surface area contributed by atoms with E-state index in [0.29, 0.717) is 26.2 Å². The normalized spacial score (nSPS) is 29.8. The number of amides is 4. The van der Waals surface area contributed by atoms with Crippen molar-refractivity contribution >= 4 is 12.1 Å². The van der Waals surface area contributed by atoms with Gasteiger partial charge < -0.3 is 36.4 Å². The number of carbonyl (C=O) groups excluding carboxylic acids is 2. The molecular formula is C32H65N7O2. The van der Waals surface area contributed by atoms with Gasteiger partial charge in [-0.05, 0) is 78.1 Å². The van der Waals surface area contributed by atoms with Crippen LogP contribution in [0.2, 0.25) is 0 Å². The van der Waals surface area contributed by atoms with E-state index >= 15 is 0 Å². The Hall–Kier alpha value is -1.58. The van der Waals surface area contributed by atoms with Gasteiger partial charge >= 0.3 is 12.1 Å². The fourth-order valence-electron chi connectivity index (χ4n) is 6.54. The molecule has 0 spiro atoms. The molecule has 9 nitrogen and oxygen atoms in total. The molecule has 0 aliphatic carbocycles. The number of nitrogens with zero attached hydrogens (tertiary/aromatic N) is 2. The molecule has 4 amide bonds. The highest BCUT2D eigenvalue weighted by Gasteiger charge is 2.42. The molecule has 9 heteroatoms.